The highest BCUT2D eigenvalue weighted by Crippen LogP contribution is 2.40. The average Bonchev–Trinajstić information content (AvgIpc) is 3.34. The van der Waals surface area contributed by atoms with Gasteiger partial charge in [0.25, 0.3) is 0 Å². The summed E-state index contributed by atoms with van der Waals surface area (Å²) in [7, 11) is 0. The van der Waals surface area contributed by atoms with E-state index in [0.717, 1.165) is 42.8 Å². The fourth-order valence-electron chi connectivity index (χ4n) is 4.53. The van der Waals surface area contributed by atoms with Crippen LogP contribution in [-0.4, -0.2) is 28.4 Å². The number of hydrogen-bond donors (Lipinski definition) is 1. The molecule has 27 heavy (non-hydrogen) atoms. The number of carbonyl (C=O) groups excluding carboxylic acids is 1. The molecule has 0 unspecified atom stereocenters. The molecule has 5 heteroatoms. The third kappa shape index (κ3) is 3.44. The van der Waals surface area contributed by atoms with Crippen molar-refractivity contribution in [3.05, 3.63) is 59.9 Å². The van der Waals surface area contributed by atoms with Gasteiger partial charge in [0.1, 0.15) is 11.3 Å². The molecule has 1 saturated heterocycles. The summed E-state index contributed by atoms with van der Waals surface area (Å²) in [5.41, 5.74) is 6.93. The summed E-state index contributed by atoms with van der Waals surface area (Å²) in [6.07, 6.45) is 8.38. The smallest absolute Gasteiger partial charge is 0.244 e. The van der Waals surface area contributed by atoms with Crippen molar-refractivity contribution in [1.82, 2.24) is 9.88 Å². The first-order valence-electron chi connectivity index (χ1n) is 9.91. The number of hydrogen-bond acceptors (Lipinski definition) is 4. The Kier molecular flexibility index (Phi) is 5.12. The molecule has 1 aliphatic carbocycles. The number of pyridine rings is 1. The fraction of sp³-hybridized carbons (Fsp3) is 0.455. The first-order valence-corrected chi connectivity index (χ1v) is 9.91. The number of para-hydroxylation sites is 1. The fourth-order valence-corrected chi connectivity index (χ4v) is 4.53. The maximum Gasteiger partial charge on any atom is 0.244 e. The lowest BCUT2D eigenvalue weighted by molar-refractivity contribution is -0.129. The molecule has 1 aromatic heterocycles. The lowest BCUT2D eigenvalue weighted by Gasteiger charge is -2.35. The van der Waals surface area contributed by atoms with Gasteiger partial charge in [0.05, 0.1) is 11.8 Å². The van der Waals surface area contributed by atoms with Crippen molar-refractivity contribution in [3.63, 3.8) is 0 Å². The molecule has 1 atom stereocenters. The van der Waals surface area contributed by atoms with E-state index in [-0.39, 0.29) is 5.91 Å². The number of nitrogens with two attached hydrogens (primary N) is 1. The van der Waals surface area contributed by atoms with Crippen molar-refractivity contribution in [2.24, 2.45) is 5.73 Å². The second-order valence-electron chi connectivity index (χ2n) is 7.60. The van der Waals surface area contributed by atoms with Gasteiger partial charge in [-0.2, -0.15) is 0 Å². The zero-order valence-corrected chi connectivity index (χ0v) is 15.6. The number of benzene rings is 1. The molecule has 1 aromatic carbocycles. The van der Waals surface area contributed by atoms with Crippen LogP contribution in [0.5, 0.6) is 5.75 Å². The van der Waals surface area contributed by atoms with Gasteiger partial charge in [0.15, 0.2) is 0 Å². The van der Waals surface area contributed by atoms with E-state index < -0.39 is 5.54 Å². The molecule has 1 aliphatic heterocycles. The summed E-state index contributed by atoms with van der Waals surface area (Å²) in [5, 5.41) is 0. The van der Waals surface area contributed by atoms with E-state index in [4.69, 9.17) is 10.5 Å². The van der Waals surface area contributed by atoms with Crippen molar-refractivity contribution < 1.29 is 9.53 Å². The Bertz CT molecular complexity index is 789. The van der Waals surface area contributed by atoms with Crippen molar-refractivity contribution in [3.8, 4) is 5.75 Å². The van der Waals surface area contributed by atoms with Crippen LogP contribution in [-0.2, 0) is 16.9 Å². The van der Waals surface area contributed by atoms with Gasteiger partial charge >= 0.3 is 0 Å². The van der Waals surface area contributed by atoms with Crippen molar-refractivity contribution >= 4 is 5.91 Å². The Hall–Kier alpha value is -2.40. The number of nitrogens with zero attached hydrogens (tertiary/aromatic N) is 2. The van der Waals surface area contributed by atoms with Crippen molar-refractivity contribution in [2.75, 3.05) is 6.54 Å². The quantitative estimate of drug-likeness (QED) is 0.852. The van der Waals surface area contributed by atoms with E-state index in [1.54, 1.807) is 6.20 Å². The normalized spacial score (nSPS) is 23.6. The van der Waals surface area contributed by atoms with Gasteiger partial charge in [-0.05, 0) is 63.3 Å². The summed E-state index contributed by atoms with van der Waals surface area (Å²) >= 11 is 0. The maximum atomic E-state index is 12.6. The second-order valence-corrected chi connectivity index (χ2v) is 7.60. The van der Waals surface area contributed by atoms with Gasteiger partial charge in [-0.25, -0.2) is 0 Å². The molecule has 1 amide bonds. The molecule has 0 radical (unpaired) electrons. The van der Waals surface area contributed by atoms with Crippen molar-refractivity contribution in [1.29, 1.82) is 0 Å². The van der Waals surface area contributed by atoms with Crippen LogP contribution in [0, 0.1) is 0 Å². The molecule has 5 nitrogen and oxygen atoms in total. The number of likely N-dealkylation sites (tertiary alicyclic amines) is 1. The molecule has 2 fully saturated rings. The molecule has 0 spiro atoms. The zero-order valence-electron chi connectivity index (χ0n) is 15.6. The van der Waals surface area contributed by atoms with E-state index in [1.807, 2.05) is 36.4 Å². The highest BCUT2D eigenvalue weighted by atomic mass is 16.5. The molecule has 2 heterocycles. The maximum absolute atomic E-state index is 12.6. The SMILES string of the molecule is NC(=O)[C@@]1(c2ccccn2)CCCN1Cc1ccccc1OC1CCCC1. The van der Waals surface area contributed by atoms with Gasteiger partial charge in [0.2, 0.25) is 5.91 Å². The van der Waals surface area contributed by atoms with E-state index in [1.165, 1.54) is 12.8 Å². The molecule has 1 saturated carbocycles. The van der Waals surface area contributed by atoms with Crippen LogP contribution in [0.4, 0.5) is 0 Å². The molecule has 142 valence electrons. The largest absolute Gasteiger partial charge is 0.490 e. The summed E-state index contributed by atoms with van der Waals surface area (Å²) < 4.78 is 6.29. The summed E-state index contributed by atoms with van der Waals surface area (Å²) in [6, 6.07) is 13.9. The highest BCUT2D eigenvalue weighted by molar-refractivity contribution is 5.86. The Morgan fingerprint density at radius 3 is 2.67 bits per heavy atom. The Morgan fingerprint density at radius 1 is 1.15 bits per heavy atom. The Labute approximate surface area is 160 Å². The van der Waals surface area contributed by atoms with E-state index in [0.29, 0.717) is 19.1 Å². The van der Waals surface area contributed by atoms with Gasteiger partial charge in [-0.15, -0.1) is 0 Å². The topological polar surface area (TPSA) is 68.5 Å². The number of primary amides is 1. The number of ether oxygens (including phenoxy) is 1. The van der Waals surface area contributed by atoms with Crippen LogP contribution in [0.1, 0.15) is 49.8 Å². The molecule has 2 aliphatic rings. The van der Waals surface area contributed by atoms with Crippen LogP contribution in [0.15, 0.2) is 48.7 Å². The molecular weight excluding hydrogens is 338 g/mol. The van der Waals surface area contributed by atoms with Gasteiger partial charge in [-0.3, -0.25) is 14.7 Å². The first kappa shape index (κ1) is 18.0. The van der Waals surface area contributed by atoms with E-state index in [2.05, 4.69) is 16.0 Å². The monoisotopic (exact) mass is 365 g/mol. The minimum atomic E-state index is -0.846. The number of rotatable bonds is 6. The Balaban J connectivity index is 1.62. The predicted octanol–water partition coefficient (Wildman–Crippen LogP) is 3.38. The average molecular weight is 365 g/mol. The predicted molar refractivity (Wildman–Crippen MR) is 104 cm³/mol. The third-order valence-electron chi connectivity index (χ3n) is 5.93. The van der Waals surface area contributed by atoms with Crippen molar-refractivity contribution in [2.45, 2.75) is 56.7 Å². The van der Waals surface area contributed by atoms with Crippen LogP contribution in [0.3, 0.4) is 0 Å². The summed E-state index contributed by atoms with van der Waals surface area (Å²) in [5.74, 6) is 0.601. The lowest BCUT2D eigenvalue weighted by atomic mass is 9.90. The third-order valence-corrected chi connectivity index (χ3v) is 5.93. The molecular formula is C22H27N3O2. The van der Waals surface area contributed by atoms with Crippen LogP contribution in [0.25, 0.3) is 0 Å². The zero-order chi connectivity index (χ0) is 18.7. The minimum Gasteiger partial charge on any atom is -0.490 e. The second kappa shape index (κ2) is 7.69. The standard InChI is InChI=1S/C22H27N3O2/c23-21(26)22(20-12-5-6-14-24-20)13-7-15-25(22)16-17-8-1-4-11-19(17)27-18-9-2-3-10-18/h1,4-6,8,11-12,14,18H,2-3,7,9-10,13,15-16H2,(H2,23,26)/t22-/m0/s1. The highest BCUT2D eigenvalue weighted by Gasteiger charge is 2.48. The van der Waals surface area contributed by atoms with Crippen LogP contribution in [0.2, 0.25) is 0 Å². The molecule has 4 rings (SSSR count). The molecule has 2 aromatic rings. The lowest BCUT2D eigenvalue weighted by Crippen LogP contribution is -2.51. The molecule has 2 N–H and O–H groups in total. The first-order chi connectivity index (χ1) is 13.2. The van der Waals surface area contributed by atoms with Gasteiger partial charge in [-0.1, -0.05) is 24.3 Å². The van der Waals surface area contributed by atoms with Crippen LogP contribution >= 0.6 is 0 Å². The Morgan fingerprint density at radius 2 is 1.93 bits per heavy atom. The molecule has 0 bridgehead atoms. The van der Waals surface area contributed by atoms with E-state index in [9.17, 15) is 4.79 Å². The van der Waals surface area contributed by atoms with Crippen LogP contribution < -0.4 is 10.5 Å². The minimum absolute atomic E-state index is 0.307. The van der Waals surface area contributed by atoms with Gasteiger partial charge in [0, 0.05) is 18.3 Å². The van der Waals surface area contributed by atoms with Gasteiger partial charge < -0.3 is 10.5 Å². The summed E-state index contributed by atoms with van der Waals surface area (Å²) in [6.45, 7) is 1.44. The number of amides is 1. The van der Waals surface area contributed by atoms with E-state index >= 15 is 0 Å². The number of carbonyl (C=O) groups is 1. The number of aromatic nitrogens is 1. The summed E-state index contributed by atoms with van der Waals surface area (Å²) in [4.78, 5) is 19.3.